The van der Waals surface area contributed by atoms with Gasteiger partial charge in [0.15, 0.2) is 0 Å². The van der Waals surface area contributed by atoms with Gasteiger partial charge in [0.25, 0.3) is 17.7 Å². The molecule has 0 aliphatic carbocycles. The SMILES string of the molecule is CCCCN1C(=O)c2ccc(C(=O)NCCC(=O)N3CCCCC3)cc2C1=O. The van der Waals surface area contributed by atoms with E-state index in [1.165, 1.54) is 17.0 Å². The van der Waals surface area contributed by atoms with Gasteiger partial charge in [0, 0.05) is 38.2 Å². The van der Waals surface area contributed by atoms with Crippen LogP contribution in [0.4, 0.5) is 0 Å². The van der Waals surface area contributed by atoms with Crippen molar-refractivity contribution in [2.24, 2.45) is 0 Å². The van der Waals surface area contributed by atoms with Crippen LogP contribution in [0, 0.1) is 0 Å². The average molecular weight is 385 g/mol. The fourth-order valence-corrected chi connectivity index (χ4v) is 3.64. The van der Waals surface area contributed by atoms with Crippen molar-refractivity contribution in [3.8, 4) is 0 Å². The Morgan fingerprint density at radius 3 is 2.46 bits per heavy atom. The van der Waals surface area contributed by atoms with Crippen LogP contribution in [0.5, 0.6) is 0 Å². The molecule has 2 aliphatic rings. The summed E-state index contributed by atoms with van der Waals surface area (Å²) in [4.78, 5) is 52.5. The minimum atomic E-state index is -0.346. The number of amides is 4. The zero-order valence-electron chi connectivity index (χ0n) is 16.3. The lowest BCUT2D eigenvalue weighted by Crippen LogP contribution is -2.37. The molecule has 0 spiro atoms. The number of hydrogen-bond donors (Lipinski definition) is 1. The zero-order valence-corrected chi connectivity index (χ0v) is 16.3. The van der Waals surface area contributed by atoms with Gasteiger partial charge in [-0.3, -0.25) is 24.1 Å². The Morgan fingerprint density at radius 2 is 1.75 bits per heavy atom. The van der Waals surface area contributed by atoms with E-state index in [4.69, 9.17) is 0 Å². The van der Waals surface area contributed by atoms with E-state index in [0.717, 1.165) is 45.2 Å². The van der Waals surface area contributed by atoms with Crippen LogP contribution in [0.3, 0.4) is 0 Å². The molecular weight excluding hydrogens is 358 g/mol. The number of likely N-dealkylation sites (tertiary alicyclic amines) is 1. The average Bonchev–Trinajstić information content (AvgIpc) is 2.96. The van der Waals surface area contributed by atoms with Gasteiger partial charge < -0.3 is 10.2 Å². The molecule has 4 amide bonds. The Kier molecular flexibility index (Phi) is 6.44. The first kappa shape index (κ1) is 20.0. The topological polar surface area (TPSA) is 86.8 Å². The number of piperidine rings is 1. The number of nitrogens with zero attached hydrogens (tertiary/aromatic N) is 2. The van der Waals surface area contributed by atoms with Crippen LogP contribution in [-0.2, 0) is 4.79 Å². The van der Waals surface area contributed by atoms with E-state index in [0.29, 0.717) is 17.7 Å². The lowest BCUT2D eigenvalue weighted by Gasteiger charge is -2.26. The molecule has 0 aromatic heterocycles. The normalized spacial score (nSPS) is 16.3. The molecule has 0 radical (unpaired) electrons. The maximum atomic E-state index is 12.5. The smallest absolute Gasteiger partial charge is 0.261 e. The second-order valence-corrected chi connectivity index (χ2v) is 7.32. The highest BCUT2D eigenvalue weighted by Crippen LogP contribution is 2.24. The standard InChI is InChI=1S/C21H27N3O4/c1-2-3-13-24-20(27)16-8-7-15(14-17(16)21(24)28)19(26)22-10-9-18(25)23-11-5-4-6-12-23/h7-8,14H,2-6,9-13H2,1H3,(H,22,26). The molecule has 3 rings (SSSR count). The van der Waals surface area contributed by atoms with Gasteiger partial charge in [-0.25, -0.2) is 0 Å². The number of carbonyl (C=O) groups is 4. The number of hydrogen-bond acceptors (Lipinski definition) is 4. The van der Waals surface area contributed by atoms with Crippen LogP contribution >= 0.6 is 0 Å². The van der Waals surface area contributed by atoms with Gasteiger partial charge in [0.05, 0.1) is 11.1 Å². The summed E-state index contributed by atoms with van der Waals surface area (Å²) in [6.45, 7) is 4.23. The molecule has 7 nitrogen and oxygen atoms in total. The van der Waals surface area contributed by atoms with Gasteiger partial charge in [-0.05, 0) is 43.9 Å². The fourth-order valence-electron chi connectivity index (χ4n) is 3.64. The Labute approximate surface area is 165 Å². The van der Waals surface area contributed by atoms with E-state index in [2.05, 4.69) is 5.32 Å². The molecule has 7 heteroatoms. The van der Waals surface area contributed by atoms with Gasteiger partial charge in [0.2, 0.25) is 5.91 Å². The number of rotatable bonds is 7. The van der Waals surface area contributed by atoms with E-state index >= 15 is 0 Å². The van der Waals surface area contributed by atoms with Gasteiger partial charge in [-0.15, -0.1) is 0 Å². The van der Waals surface area contributed by atoms with Gasteiger partial charge >= 0.3 is 0 Å². The predicted molar refractivity (Wildman–Crippen MR) is 104 cm³/mol. The highest BCUT2D eigenvalue weighted by Gasteiger charge is 2.35. The number of carbonyl (C=O) groups excluding carboxylic acids is 4. The summed E-state index contributed by atoms with van der Waals surface area (Å²) >= 11 is 0. The van der Waals surface area contributed by atoms with Crippen molar-refractivity contribution in [1.29, 1.82) is 0 Å². The first-order valence-corrected chi connectivity index (χ1v) is 10.1. The minimum Gasteiger partial charge on any atom is -0.352 e. The summed E-state index contributed by atoms with van der Waals surface area (Å²) in [6, 6.07) is 4.56. The first-order valence-electron chi connectivity index (χ1n) is 10.1. The number of fused-ring (bicyclic) bond motifs is 1. The molecule has 2 aliphatic heterocycles. The largest absolute Gasteiger partial charge is 0.352 e. The first-order chi connectivity index (χ1) is 13.5. The van der Waals surface area contributed by atoms with Gasteiger partial charge in [-0.2, -0.15) is 0 Å². The van der Waals surface area contributed by atoms with Crippen molar-refractivity contribution in [2.75, 3.05) is 26.2 Å². The van der Waals surface area contributed by atoms with Crippen LogP contribution in [0.25, 0.3) is 0 Å². The van der Waals surface area contributed by atoms with Crippen LogP contribution in [0.1, 0.15) is 76.5 Å². The molecule has 2 heterocycles. The Bertz CT molecular complexity index is 784. The summed E-state index contributed by atoms with van der Waals surface area (Å²) in [5.74, 6) is -0.932. The van der Waals surface area contributed by atoms with Crippen molar-refractivity contribution in [3.05, 3.63) is 34.9 Å². The molecule has 1 aromatic carbocycles. The predicted octanol–water partition coefficient (Wildman–Crippen LogP) is 2.22. The summed E-state index contributed by atoms with van der Waals surface area (Å²) in [7, 11) is 0. The molecule has 28 heavy (non-hydrogen) atoms. The third-order valence-corrected chi connectivity index (χ3v) is 5.30. The Balaban J connectivity index is 1.57. The molecule has 0 bridgehead atoms. The zero-order chi connectivity index (χ0) is 20.1. The van der Waals surface area contributed by atoms with E-state index in [1.54, 1.807) is 6.07 Å². The van der Waals surface area contributed by atoms with Crippen molar-refractivity contribution >= 4 is 23.6 Å². The molecule has 1 N–H and O–H groups in total. The second kappa shape index (κ2) is 8.99. The van der Waals surface area contributed by atoms with E-state index in [9.17, 15) is 19.2 Å². The molecule has 1 saturated heterocycles. The highest BCUT2D eigenvalue weighted by molar-refractivity contribution is 6.22. The second-order valence-electron chi connectivity index (χ2n) is 7.32. The van der Waals surface area contributed by atoms with Gasteiger partial charge in [0.1, 0.15) is 0 Å². The van der Waals surface area contributed by atoms with Crippen LogP contribution < -0.4 is 5.32 Å². The van der Waals surface area contributed by atoms with E-state index in [-0.39, 0.29) is 42.2 Å². The van der Waals surface area contributed by atoms with Crippen LogP contribution in [-0.4, -0.2) is 59.6 Å². The van der Waals surface area contributed by atoms with E-state index in [1.807, 2.05) is 11.8 Å². The summed E-state index contributed by atoms with van der Waals surface area (Å²) in [5.41, 5.74) is 0.943. The van der Waals surface area contributed by atoms with Crippen LogP contribution in [0.2, 0.25) is 0 Å². The maximum Gasteiger partial charge on any atom is 0.261 e. The van der Waals surface area contributed by atoms with Crippen molar-refractivity contribution in [1.82, 2.24) is 15.1 Å². The Morgan fingerprint density at radius 1 is 1.04 bits per heavy atom. The molecule has 1 fully saturated rings. The van der Waals surface area contributed by atoms with Crippen molar-refractivity contribution in [3.63, 3.8) is 0 Å². The summed E-state index contributed by atoms with van der Waals surface area (Å²) in [5, 5.41) is 2.74. The molecule has 0 unspecified atom stereocenters. The number of benzene rings is 1. The lowest BCUT2D eigenvalue weighted by molar-refractivity contribution is -0.131. The highest BCUT2D eigenvalue weighted by atomic mass is 16.2. The number of nitrogens with one attached hydrogen (secondary N) is 1. The molecular formula is C21H27N3O4. The molecule has 150 valence electrons. The minimum absolute atomic E-state index is 0.0568. The van der Waals surface area contributed by atoms with Gasteiger partial charge in [-0.1, -0.05) is 13.3 Å². The van der Waals surface area contributed by atoms with Crippen molar-refractivity contribution in [2.45, 2.75) is 45.4 Å². The third-order valence-electron chi connectivity index (χ3n) is 5.30. The van der Waals surface area contributed by atoms with Crippen molar-refractivity contribution < 1.29 is 19.2 Å². The molecule has 0 atom stereocenters. The fraction of sp³-hybridized carbons (Fsp3) is 0.524. The quantitative estimate of drug-likeness (QED) is 0.729. The Hall–Kier alpha value is -2.70. The number of imide groups is 1. The summed E-state index contributed by atoms with van der Waals surface area (Å²) in [6.07, 6.45) is 5.14. The molecule has 1 aromatic rings. The summed E-state index contributed by atoms with van der Waals surface area (Å²) < 4.78 is 0. The van der Waals surface area contributed by atoms with E-state index < -0.39 is 0 Å². The molecule has 0 saturated carbocycles. The van der Waals surface area contributed by atoms with Crippen LogP contribution in [0.15, 0.2) is 18.2 Å². The maximum absolute atomic E-state index is 12.5. The third kappa shape index (κ3) is 4.24. The lowest BCUT2D eigenvalue weighted by atomic mass is 10.1. The monoisotopic (exact) mass is 385 g/mol. The number of unbranched alkanes of at least 4 members (excludes halogenated alkanes) is 1.